The van der Waals surface area contributed by atoms with Crippen molar-refractivity contribution in [1.82, 2.24) is 10.2 Å². The first-order chi connectivity index (χ1) is 16.5. The summed E-state index contributed by atoms with van der Waals surface area (Å²) in [6, 6.07) is 18.9. The smallest absolute Gasteiger partial charge is 0.257 e. The van der Waals surface area contributed by atoms with Gasteiger partial charge in [0, 0.05) is 48.6 Å². The van der Waals surface area contributed by atoms with E-state index in [4.69, 9.17) is 0 Å². The van der Waals surface area contributed by atoms with Crippen molar-refractivity contribution in [2.45, 2.75) is 50.4 Å². The number of carbonyl (C=O) groups is 2. The van der Waals surface area contributed by atoms with Crippen LogP contribution in [0.5, 0.6) is 0 Å². The lowest BCUT2D eigenvalue weighted by molar-refractivity contribution is -0.138. The summed E-state index contributed by atoms with van der Waals surface area (Å²) in [6.45, 7) is 6.69. The minimum atomic E-state index is -0.0106. The molecule has 1 N–H and O–H groups in total. The van der Waals surface area contributed by atoms with Crippen molar-refractivity contribution in [2.75, 3.05) is 24.5 Å². The Labute approximate surface area is 206 Å². The van der Waals surface area contributed by atoms with Crippen molar-refractivity contribution in [3.8, 4) is 0 Å². The molecule has 2 amide bonds. The lowest BCUT2D eigenvalue weighted by atomic mass is 9.84. The summed E-state index contributed by atoms with van der Waals surface area (Å²) in [6.07, 6.45) is 4.57. The Balaban J connectivity index is 1.19. The Kier molecular flexibility index (Phi) is 6.68. The Morgan fingerprint density at radius 1 is 1.09 bits per heavy atom. The van der Waals surface area contributed by atoms with Crippen LogP contribution < -0.4 is 10.2 Å². The van der Waals surface area contributed by atoms with E-state index in [0.717, 1.165) is 49.4 Å². The predicted molar refractivity (Wildman–Crippen MR) is 140 cm³/mol. The molecule has 1 saturated carbocycles. The molecule has 178 valence electrons. The van der Waals surface area contributed by atoms with Gasteiger partial charge in [0.25, 0.3) is 5.91 Å². The number of piperazine rings is 1. The maximum atomic E-state index is 13.4. The van der Waals surface area contributed by atoms with Crippen molar-refractivity contribution in [1.29, 1.82) is 0 Å². The van der Waals surface area contributed by atoms with Crippen molar-refractivity contribution in [3.05, 3.63) is 70.6 Å². The maximum absolute atomic E-state index is 13.4. The molecule has 2 aromatic carbocycles. The van der Waals surface area contributed by atoms with Gasteiger partial charge in [0.15, 0.2) is 0 Å². The number of thioether (sulfide) groups is 1. The van der Waals surface area contributed by atoms with E-state index in [1.165, 1.54) is 11.3 Å². The molecular weight excluding hydrogens is 442 g/mol. The summed E-state index contributed by atoms with van der Waals surface area (Å²) < 4.78 is 0. The summed E-state index contributed by atoms with van der Waals surface area (Å²) in [5.74, 6) is 0.252. The average Bonchev–Trinajstić information content (AvgIpc) is 2.84. The van der Waals surface area contributed by atoms with Gasteiger partial charge in [-0.1, -0.05) is 42.5 Å². The van der Waals surface area contributed by atoms with Gasteiger partial charge in [-0.25, -0.2) is 0 Å². The summed E-state index contributed by atoms with van der Waals surface area (Å²) in [5, 5.41) is 3.55. The molecule has 0 radical (unpaired) electrons. The SMILES string of the molecule is Cc1cccc(N2CCN(C(=O)C3CCC4S/C(=C\c5ccccc5)C(=O)NC4C3)CC2C)c1. The fourth-order valence-corrected chi connectivity index (χ4v) is 6.82. The van der Waals surface area contributed by atoms with E-state index in [2.05, 4.69) is 53.2 Å². The van der Waals surface area contributed by atoms with Crippen molar-refractivity contribution < 1.29 is 9.59 Å². The fourth-order valence-electron chi connectivity index (χ4n) is 5.52. The molecule has 3 fully saturated rings. The maximum Gasteiger partial charge on any atom is 0.257 e. The van der Waals surface area contributed by atoms with Crippen molar-refractivity contribution in [3.63, 3.8) is 0 Å². The highest BCUT2D eigenvalue weighted by molar-refractivity contribution is 8.04. The van der Waals surface area contributed by atoms with Gasteiger partial charge in [-0.2, -0.15) is 0 Å². The van der Waals surface area contributed by atoms with E-state index in [1.54, 1.807) is 11.8 Å². The van der Waals surface area contributed by atoms with Crippen LogP contribution in [-0.4, -0.2) is 53.7 Å². The number of amides is 2. The summed E-state index contributed by atoms with van der Waals surface area (Å²) in [5.41, 5.74) is 3.54. The molecule has 34 heavy (non-hydrogen) atoms. The highest BCUT2D eigenvalue weighted by Crippen LogP contribution is 2.40. The van der Waals surface area contributed by atoms with Crippen LogP contribution in [0.25, 0.3) is 6.08 Å². The fraction of sp³-hybridized carbons (Fsp3) is 0.429. The van der Waals surface area contributed by atoms with Gasteiger partial charge in [0.05, 0.1) is 4.91 Å². The summed E-state index contributed by atoms with van der Waals surface area (Å²) in [7, 11) is 0. The number of hydrogen-bond acceptors (Lipinski definition) is 4. The lowest BCUT2D eigenvalue weighted by Gasteiger charge is -2.44. The second-order valence-corrected chi connectivity index (χ2v) is 11.1. The molecule has 6 heteroatoms. The third kappa shape index (κ3) is 4.88. The van der Waals surface area contributed by atoms with Crippen LogP contribution in [0.3, 0.4) is 0 Å². The first kappa shape index (κ1) is 23.0. The minimum Gasteiger partial charge on any atom is -0.365 e. The van der Waals surface area contributed by atoms with Crippen LogP contribution in [0.4, 0.5) is 5.69 Å². The monoisotopic (exact) mass is 475 g/mol. The zero-order valence-corrected chi connectivity index (χ0v) is 20.8. The first-order valence-corrected chi connectivity index (χ1v) is 13.2. The number of anilines is 1. The molecule has 2 aliphatic heterocycles. The standard InChI is InChI=1S/C28H33N3O2S/c1-19-7-6-10-23(15-19)31-14-13-30(18-20(31)2)28(33)22-11-12-25-24(17-22)29-27(32)26(34-25)16-21-8-4-3-5-9-21/h3-10,15-16,20,22,24-25H,11-14,17-18H2,1-2H3,(H,29,32)/b26-16-. The summed E-state index contributed by atoms with van der Waals surface area (Å²) in [4.78, 5) is 31.4. The first-order valence-electron chi connectivity index (χ1n) is 12.3. The number of nitrogens with zero attached hydrogens (tertiary/aromatic N) is 2. The van der Waals surface area contributed by atoms with Crippen molar-refractivity contribution in [2.24, 2.45) is 5.92 Å². The van der Waals surface area contributed by atoms with E-state index in [1.807, 2.05) is 36.4 Å². The van der Waals surface area contributed by atoms with E-state index < -0.39 is 0 Å². The van der Waals surface area contributed by atoms with Crippen LogP contribution in [0, 0.1) is 12.8 Å². The molecule has 5 nitrogen and oxygen atoms in total. The molecule has 2 aromatic rings. The van der Waals surface area contributed by atoms with Crippen molar-refractivity contribution >= 4 is 35.3 Å². The highest BCUT2D eigenvalue weighted by atomic mass is 32.2. The average molecular weight is 476 g/mol. The highest BCUT2D eigenvalue weighted by Gasteiger charge is 2.41. The number of fused-ring (bicyclic) bond motifs is 1. The molecule has 3 aliphatic rings. The second-order valence-electron chi connectivity index (χ2n) is 9.83. The Bertz CT molecular complexity index is 1090. The van der Waals surface area contributed by atoms with Gasteiger partial charge in [0.2, 0.25) is 5.91 Å². The molecule has 0 bridgehead atoms. The summed E-state index contributed by atoms with van der Waals surface area (Å²) >= 11 is 1.68. The largest absolute Gasteiger partial charge is 0.365 e. The normalized spacial score (nSPS) is 28.4. The number of benzene rings is 2. The molecule has 2 heterocycles. The van der Waals surface area contributed by atoms with Gasteiger partial charge >= 0.3 is 0 Å². The molecule has 5 rings (SSSR count). The van der Waals surface area contributed by atoms with Gasteiger partial charge in [-0.15, -0.1) is 11.8 Å². The third-order valence-electron chi connectivity index (χ3n) is 7.32. The molecule has 2 saturated heterocycles. The second kappa shape index (κ2) is 9.87. The van der Waals surface area contributed by atoms with Crippen LogP contribution >= 0.6 is 11.8 Å². The number of aryl methyl sites for hydroxylation is 1. The molecule has 0 aromatic heterocycles. The predicted octanol–water partition coefficient (Wildman–Crippen LogP) is 4.47. The van der Waals surface area contributed by atoms with Crippen LogP contribution in [0.1, 0.15) is 37.3 Å². The van der Waals surface area contributed by atoms with Gasteiger partial charge < -0.3 is 15.1 Å². The molecule has 0 spiro atoms. The van der Waals surface area contributed by atoms with E-state index in [9.17, 15) is 9.59 Å². The quantitative estimate of drug-likeness (QED) is 0.666. The van der Waals surface area contributed by atoms with Crippen LogP contribution in [0.2, 0.25) is 0 Å². The van der Waals surface area contributed by atoms with Gasteiger partial charge in [-0.3, -0.25) is 9.59 Å². The Hall–Kier alpha value is -2.73. The molecule has 4 unspecified atom stereocenters. The van der Waals surface area contributed by atoms with Gasteiger partial charge in [-0.05, 0) is 62.4 Å². The number of rotatable bonds is 3. The van der Waals surface area contributed by atoms with Crippen LogP contribution in [0.15, 0.2) is 59.5 Å². The molecule has 1 aliphatic carbocycles. The van der Waals surface area contributed by atoms with Crippen LogP contribution in [-0.2, 0) is 9.59 Å². The zero-order valence-electron chi connectivity index (χ0n) is 19.9. The lowest BCUT2D eigenvalue weighted by Crippen LogP contribution is -2.57. The van der Waals surface area contributed by atoms with Gasteiger partial charge in [0.1, 0.15) is 0 Å². The third-order valence-corrected chi connectivity index (χ3v) is 8.75. The molecular formula is C28H33N3O2S. The van der Waals surface area contributed by atoms with E-state index in [0.29, 0.717) is 5.25 Å². The zero-order chi connectivity index (χ0) is 23.7. The van der Waals surface area contributed by atoms with E-state index in [-0.39, 0.29) is 29.8 Å². The minimum absolute atomic E-state index is 0.000442. The number of carbonyl (C=O) groups excluding carboxylic acids is 2. The molecule has 4 atom stereocenters. The number of hydrogen-bond donors (Lipinski definition) is 1. The topological polar surface area (TPSA) is 52.7 Å². The number of nitrogens with one attached hydrogen (secondary N) is 1. The Morgan fingerprint density at radius 3 is 2.68 bits per heavy atom. The van der Waals surface area contributed by atoms with E-state index >= 15 is 0 Å². The Morgan fingerprint density at radius 2 is 1.91 bits per heavy atom.